The first-order valence-corrected chi connectivity index (χ1v) is 7.17. The Bertz CT molecular complexity index is 798. The number of nitrogens with one attached hydrogen (secondary N) is 1. The zero-order valence-electron chi connectivity index (χ0n) is 12.0. The van der Waals surface area contributed by atoms with Gasteiger partial charge in [0.25, 0.3) is 0 Å². The Morgan fingerprint density at radius 2 is 1.18 bits per heavy atom. The Kier molecular flexibility index (Phi) is 4.30. The maximum Gasteiger partial charge on any atom is 0.132 e. The van der Waals surface area contributed by atoms with E-state index in [-0.39, 0.29) is 5.82 Å². The Balaban J connectivity index is 0.000000133. The van der Waals surface area contributed by atoms with E-state index in [4.69, 9.17) is 0 Å². The minimum Gasteiger partial charge on any atom is -0.361 e. The van der Waals surface area contributed by atoms with E-state index >= 15 is 0 Å². The molecule has 1 aromatic heterocycles. The molecule has 22 heavy (non-hydrogen) atoms. The van der Waals surface area contributed by atoms with Crippen molar-refractivity contribution in [1.29, 1.82) is 0 Å². The molecule has 0 saturated carbocycles. The Morgan fingerprint density at radius 1 is 0.591 bits per heavy atom. The molecule has 0 aliphatic carbocycles. The molecule has 0 atom stereocenters. The topological polar surface area (TPSA) is 15.8 Å². The fraction of sp³-hybridized carbons (Fsp3) is 0. The number of aromatic nitrogens is 1. The summed E-state index contributed by atoms with van der Waals surface area (Å²) in [5.74, 6) is -0.168. The van der Waals surface area contributed by atoms with Gasteiger partial charge < -0.3 is 4.98 Å². The molecule has 1 heterocycles. The lowest BCUT2D eigenvalue weighted by Crippen LogP contribution is -1.73. The van der Waals surface area contributed by atoms with Gasteiger partial charge in [-0.05, 0) is 29.3 Å². The summed E-state index contributed by atoms with van der Waals surface area (Å²) in [6.45, 7) is 0. The van der Waals surface area contributed by atoms with E-state index in [0.717, 1.165) is 5.52 Å². The molecule has 3 aromatic carbocycles. The molecule has 1 N–H and O–H groups in total. The molecule has 0 spiro atoms. The number of halogens is 1. The van der Waals surface area contributed by atoms with Crippen LogP contribution in [0.15, 0.2) is 91.1 Å². The lowest BCUT2D eigenvalue weighted by molar-refractivity contribution is 0.640. The molecular weight excluding hydrogens is 273 g/mol. The van der Waals surface area contributed by atoms with Crippen LogP contribution in [-0.2, 0) is 0 Å². The summed E-state index contributed by atoms with van der Waals surface area (Å²) in [7, 11) is 0. The maximum atomic E-state index is 12.8. The van der Waals surface area contributed by atoms with Crippen molar-refractivity contribution in [2.24, 2.45) is 0 Å². The van der Waals surface area contributed by atoms with E-state index in [1.165, 1.54) is 17.2 Å². The van der Waals surface area contributed by atoms with Crippen LogP contribution in [0.4, 0.5) is 4.39 Å². The molecule has 2 heteroatoms. The average molecular weight is 289 g/mol. The summed E-state index contributed by atoms with van der Waals surface area (Å²) >= 11 is 0. The predicted molar refractivity (Wildman–Crippen MR) is 90.1 cm³/mol. The third-order valence-corrected chi connectivity index (χ3v) is 3.42. The van der Waals surface area contributed by atoms with E-state index in [1.807, 2.05) is 18.2 Å². The first-order chi connectivity index (χ1) is 10.8. The van der Waals surface area contributed by atoms with Crippen molar-refractivity contribution in [1.82, 2.24) is 4.98 Å². The number of hydrogen-bond donors (Lipinski definition) is 1. The van der Waals surface area contributed by atoms with Gasteiger partial charge in [-0.3, -0.25) is 0 Å². The number of fused-ring (bicyclic) bond motifs is 1. The number of benzene rings is 3. The summed E-state index contributed by atoms with van der Waals surface area (Å²) in [4.78, 5) is 2.92. The van der Waals surface area contributed by atoms with E-state index < -0.39 is 0 Å². The summed E-state index contributed by atoms with van der Waals surface area (Å²) in [5.41, 5.74) is 3.40. The van der Waals surface area contributed by atoms with Gasteiger partial charge in [0.2, 0.25) is 0 Å². The maximum absolute atomic E-state index is 12.8. The summed E-state index contributed by atoms with van der Waals surface area (Å²) < 4.78 is 12.8. The Hall–Kier alpha value is -2.87. The fourth-order valence-electron chi connectivity index (χ4n) is 2.31. The first kappa shape index (κ1) is 14.1. The monoisotopic (exact) mass is 289 g/mol. The molecule has 4 rings (SSSR count). The third kappa shape index (κ3) is 3.23. The molecule has 0 unspecified atom stereocenters. The van der Waals surface area contributed by atoms with Crippen LogP contribution in [-0.4, -0.2) is 4.98 Å². The molecule has 1 nitrogen and oxygen atoms in total. The molecule has 0 aliphatic heterocycles. The highest BCUT2D eigenvalue weighted by atomic mass is 19.1. The zero-order chi connectivity index (χ0) is 15.2. The van der Waals surface area contributed by atoms with Gasteiger partial charge in [-0.2, -0.15) is 0 Å². The lowest BCUT2D eigenvalue weighted by Gasteiger charge is -1.98. The minimum atomic E-state index is -0.168. The number of aromatic amines is 1. The molecule has 108 valence electrons. The van der Waals surface area contributed by atoms with Crippen molar-refractivity contribution < 1.29 is 4.39 Å². The molecular formula is C20H16FN. The van der Waals surface area contributed by atoms with Crippen LogP contribution < -0.4 is 0 Å². The highest BCUT2D eigenvalue weighted by Gasteiger charge is 1.97. The molecule has 0 fully saturated rings. The average Bonchev–Trinajstić information content (AvgIpc) is 3.07. The summed E-state index contributed by atoms with van der Waals surface area (Å²) in [6, 6.07) is 27.5. The SMILES string of the molecule is Fc1cccc2[nH]ccc12.c1ccc(-c2ccccc2)cc1. The number of H-pyrrole nitrogens is 1. The van der Waals surface area contributed by atoms with Crippen LogP contribution in [0.1, 0.15) is 0 Å². The lowest BCUT2D eigenvalue weighted by atomic mass is 10.1. The number of hydrogen-bond acceptors (Lipinski definition) is 0. The van der Waals surface area contributed by atoms with Crippen molar-refractivity contribution in [2.45, 2.75) is 0 Å². The normalized spacial score (nSPS) is 10.0. The van der Waals surface area contributed by atoms with Gasteiger partial charge in [-0.15, -0.1) is 0 Å². The highest BCUT2D eigenvalue weighted by molar-refractivity contribution is 5.79. The molecule has 0 saturated heterocycles. The Labute approximate surface area is 129 Å². The first-order valence-electron chi connectivity index (χ1n) is 7.17. The number of rotatable bonds is 1. The van der Waals surface area contributed by atoms with Crippen molar-refractivity contribution in [3.63, 3.8) is 0 Å². The second-order valence-corrected chi connectivity index (χ2v) is 4.91. The van der Waals surface area contributed by atoms with E-state index in [0.29, 0.717) is 5.39 Å². The van der Waals surface area contributed by atoms with Crippen LogP contribution in [0.5, 0.6) is 0 Å². The molecule has 0 bridgehead atoms. The van der Waals surface area contributed by atoms with Gasteiger partial charge in [-0.1, -0.05) is 66.7 Å². The van der Waals surface area contributed by atoms with Gasteiger partial charge in [0.05, 0.1) is 0 Å². The fourth-order valence-corrected chi connectivity index (χ4v) is 2.31. The Morgan fingerprint density at radius 3 is 1.73 bits per heavy atom. The standard InChI is InChI=1S/C12H10.C8H6FN/c1-3-7-11(8-4-1)12-9-5-2-6-10-12;9-7-2-1-3-8-6(7)4-5-10-8/h1-10H;1-5,10H. The van der Waals surface area contributed by atoms with Gasteiger partial charge in [0.1, 0.15) is 5.82 Å². The van der Waals surface area contributed by atoms with Crippen molar-refractivity contribution in [3.05, 3.63) is 96.9 Å². The predicted octanol–water partition coefficient (Wildman–Crippen LogP) is 5.66. The van der Waals surface area contributed by atoms with Crippen molar-refractivity contribution in [3.8, 4) is 11.1 Å². The zero-order valence-corrected chi connectivity index (χ0v) is 12.0. The quantitative estimate of drug-likeness (QED) is 0.465. The van der Waals surface area contributed by atoms with E-state index in [1.54, 1.807) is 18.3 Å². The second-order valence-electron chi connectivity index (χ2n) is 4.91. The van der Waals surface area contributed by atoms with Crippen molar-refractivity contribution >= 4 is 10.9 Å². The summed E-state index contributed by atoms with van der Waals surface area (Å²) in [6.07, 6.45) is 1.73. The van der Waals surface area contributed by atoms with Gasteiger partial charge >= 0.3 is 0 Å². The van der Waals surface area contributed by atoms with E-state index in [9.17, 15) is 4.39 Å². The van der Waals surface area contributed by atoms with Gasteiger partial charge in [0.15, 0.2) is 0 Å². The van der Waals surface area contributed by atoms with Gasteiger partial charge in [0, 0.05) is 17.1 Å². The molecule has 4 aromatic rings. The van der Waals surface area contributed by atoms with Crippen molar-refractivity contribution in [2.75, 3.05) is 0 Å². The van der Waals surface area contributed by atoms with Crippen LogP contribution in [0.2, 0.25) is 0 Å². The third-order valence-electron chi connectivity index (χ3n) is 3.42. The van der Waals surface area contributed by atoms with Crippen LogP contribution in [0, 0.1) is 5.82 Å². The highest BCUT2D eigenvalue weighted by Crippen LogP contribution is 2.17. The second kappa shape index (κ2) is 6.72. The van der Waals surface area contributed by atoms with Crippen LogP contribution in [0.3, 0.4) is 0 Å². The smallest absolute Gasteiger partial charge is 0.132 e. The van der Waals surface area contributed by atoms with Gasteiger partial charge in [-0.25, -0.2) is 4.39 Å². The van der Waals surface area contributed by atoms with E-state index in [2.05, 4.69) is 53.5 Å². The van der Waals surface area contributed by atoms with Crippen LogP contribution >= 0.6 is 0 Å². The van der Waals surface area contributed by atoms with Crippen LogP contribution in [0.25, 0.3) is 22.0 Å². The summed E-state index contributed by atoms with van der Waals surface area (Å²) in [5, 5.41) is 0.655. The largest absolute Gasteiger partial charge is 0.361 e. The minimum absolute atomic E-state index is 0.168. The molecule has 0 amide bonds. The molecule has 0 radical (unpaired) electrons. The molecule has 0 aliphatic rings.